The number of nitrogens with one attached hydrogen (secondary N) is 1. The monoisotopic (exact) mass is 289 g/mol. The zero-order chi connectivity index (χ0) is 13.9. The van der Waals surface area contributed by atoms with Crippen LogP contribution in [0.4, 0.5) is 0 Å². The van der Waals surface area contributed by atoms with Crippen molar-refractivity contribution in [2.24, 2.45) is 0 Å². The van der Waals surface area contributed by atoms with Gasteiger partial charge in [-0.05, 0) is 19.3 Å². The molecule has 0 radical (unpaired) electrons. The van der Waals surface area contributed by atoms with Crippen molar-refractivity contribution in [1.29, 1.82) is 0 Å². The van der Waals surface area contributed by atoms with Gasteiger partial charge in [0.15, 0.2) is 0 Å². The van der Waals surface area contributed by atoms with Gasteiger partial charge in [-0.3, -0.25) is 4.68 Å². The molecule has 0 aliphatic heterocycles. The number of aliphatic hydroxyl groups excluding tert-OH is 1. The molecular weight excluding hydrogens is 270 g/mol. The summed E-state index contributed by atoms with van der Waals surface area (Å²) in [6.45, 7) is 0.468. The fourth-order valence-electron chi connectivity index (χ4n) is 2.04. The number of sulfonamides is 1. The van der Waals surface area contributed by atoms with Crippen LogP contribution in [0.1, 0.15) is 19.3 Å². The summed E-state index contributed by atoms with van der Waals surface area (Å²) in [5, 5.41) is 12.6. The maximum Gasteiger partial charge on any atom is 0.243 e. The molecule has 2 N–H and O–H groups in total. The predicted molar refractivity (Wildman–Crippen MR) is 68.1 cm³/mol. The molecular formula is C11H19N3O4S. The summed E-state index contributed by atoms with van der Waals surface area (Å²) in [7, 11) is -1.97. The number of aromatic nitrogens is 2. The van der Waals surface area contributed by atoms with Crippen LogP contribution < -0.4 is 4.72 Å². The zero-order valence-electron chi connectivity index (χ0n) is 10.9. The number of rotatable bonds is 7. The first-order valence-corrected chi connectivity index (χ1v) is 7.68. The highest BCUT2D eigenvalue weighted by Crippen LogP contribution is 2.34. The van der Waals surface area contributed by atoms with Gasteiger partial charge in [-0.15, -0.1) is 0 Å². The van der Waals surface area contributed by atoms with Crippen LogP contribution in [0, 0.1) is 0 Å². The summed E-state index contributed by atoms with van der Waals surface area (Å²) in [5.74, 6) is 0. The molecule has 0 bridgehead atoms. The lowest BCUT2D eigenvalue weighted by molar-refractivity contribution is -0.0659. The van der Waals surface area contributed by atoms with E-state index in [1.54, 1.807) is 7.11 Å². The van der Waals surface area contributed by atoms with Crippen LogP contribution in [0.25, 0.3) is 0 Å². The van der Waals surface area contributed by atoms with Crippen molar-refractivity contribution in [3.05, 3.63) is 12.4 Å². The second-order valence-electron chi connectivity index (χ2n) is 4.73. The molecule has 1 aliphatic rings. The Morgan fingerprint density at radius 2 is 2.32 bits per heavy atom. The molecule has 0 amide bonds. The van der Waals surface area contributed by atoms with Crippen LogP contribution in [0.5, 0.6) is 0 Å². The van der Waals surface area contributed by atoms with Gasteiger partial charge < -0.3 is 9.84 Å². The summed E-state index contributed by atoms with van der Waals surface area (Å²) in [6, 6.07) is 0. The first-order valence-electron chi connectivity index (χ1n) is 6.19. The van der Waals surface area contributed by atoms with Crippen molar-refractivity contribution < 1.29 is 18.3 Å². The van der Waals surface area contributed by atoms with Gasteiger partial charge in [-0.2, -0.15) is 5.10 Å². The normalized spacial score (nSPS) is 18.2. The Hall–Kier alpha value is -0.960. The number of aliphatic hydroxyl groups is 1. The minimum Gasteiger partial charge on any atom is -0.394 e. The molecule has 0 saturated heterocycles. The van der Waals surface area contributed by atoms with Gasteiger partial charge in [-0.25, -0.2) is 13.1 Å². The van der Waals surface area contributed by atoms with Gasteiger partial charge in [0.1, 0.15) is 4.90 Å². The predicted octanol–water partition coefficient (Wildman–Crippen LogP) is -0.277. The molecule has 1 fully saturated rings. The first kappa shape index (κ1) is 14.4. The molecule has 8 heteroatoms. The van der Waals surface area contributed by atoms with Gasteiger partial charge >= 0.3 is 0 Å². The zero-order valence-corrected chi connectivity index (χ0v) is 11.7. The summed E-state index contributed by atoms with van der Waals surface area (Å²) in [4.78, 5) is 0.103. The van der Waals surface area contributed by atoms with Gasteiger partial charge in [0.2, 0.25) is 10.0 Å². The molecule has 1 saturated carbocycles. The van der Waals surface area contributed by atoms with Gasteiger partial charge in [0.25, 0.3) is 0 Å². The van der Waals surface area contributed by atoms with Crippen LogP contribution in [0.3, 0.4) is 0 Å². The summed E-state index contributed by atoms with van der Waals surface area (Å²) < 4.78 is 33.5. The largest absolute Gasteiger partial charge is 0.394 e. The van der Waals surface area contributed by atoms with Gasteiger partial charge in [0, 0.05) is 19.9 Å². The maximum atomic E-state index is 12.1. The smallest absolute Gasteiger partial charge is 0.243 e. The van der Waals surface area contributed by atoms with Crippen LogP contribution in [0.2, 0.25) is 0 Å². The lowest BCUT2D eigenvalue weighted by atomic mass is 9.80. The Labute approximate surface area is 112 Å². The molecule has 0 atom stereocenters. The van der Waals surface area contributed by atoms with Crippen LogP contribution in [-0.4, -0.2) is 49.2 Å². The number of hydrogen-bond donors (Lipinski definition) is 2. The third kappa shape index (κ3) is 3.14. The highest BCUT2D eigenvalue weighted by molar-refractivity contribution is 7.89. The molecule has 0 spiro atoms. The number of nitrogens with zero attached hydrogens (tertiary/aromatic N) is 2. The average molecular weight is 289 g/mol. The molecule has 0 aromatic carbocycles. The topological polar surface area (TPSA) is 93.5 Å². The van der Waals surface area contributed by atoms with Crippen LogP contribution >= 0.6 is 0 Å². The Morgan fingerprint density at radius 1 is 1.58 bits per heavy atom. The van der Waals surface area contributed by atoms with E-state index in [9.17, 15) is 8.42 Å². The van der Waals surface area contributed by atoms with Gasteiger partial charge in [0.05, 0.1) is 24.9 Å². The SMILES string of the molecule is COC1(CNS(=O)(=O)c2cnn(CCO)c2)CCC1. The fourth-order valence-corrected chi connectivity index (χ4v) is 3.11. The van der Waals surface area contributed by atoms with Crippen LogP contribution in [0.15, 0.2) is 17.3 Å². The highest BCUT2D eigenvalue weighted by Gasteiger charge is 2.38. The molecule has 1 aromatic rings. The molecule has 108 valence electrons. The fraction of sp³-hybridized carbons (Fsp3) is 0.727. The molecule has 2 rings (SSSR count). The minimum atomic E-state index is -3.57. The van der Waals surface area contributed by atoms with E-state index in [1.807, 2.05) is 0 Å². The molecule has 1 aliphatic carbocycles. The third-order valence-electron chi connectivity index (χ3n) is 3.53. The second kappa shape index (κ2) is 5.58. The van der Waals surface area contributed by atoms with Crippen LogP contribution in [-0.2, 0) is 21.3 Å². The van der Waals surface area contributed by atoms with E-state index in [2.05, 4.69) is 9.82 Å². The molecule has 1 aromatic heterocycles. The van der Waals surface area contributed by atoms with E-state index in [0.717, 1.165) is 19.3 Å². The van der Waals surface area contributed by atoms with Crippen molar-refractivity contribution in [1.82, 2.24) is 14.5 Å². The summed E-state index contributed by atoms with van der Waals surface area (Å²) in [6.07, 6.45) is 5.48. The summed E-state index contributed by atoms with van der Waals surface area (Å²) in [5.41, 5.74) is -0.353. The number of methoxy groups -OCH3 is 1. The maximum absolute atomic E-state index is 12.1. The van der Waals surface area contributed by atoms with Crippen molar-refractivity contribution in [2.75, 3.05) is 20.3 Å². The molecule has 19 heavy (non-hydrogen) atoms. The van der Waals surface area contributed by atoms with Crippen molar-refractivity contribution >= 4 is 10.0 Å². The third-order valence-corrected chi connectivity index (χ3v) is 4.89. The standard InChI is InChI=1S/C11H19N3O4S/c1-18-11(3-2-4-11)9-13-19(16,17)10-7-12-14(8-10)5-6-15/h7-8,13,15H,2-6,9H2,1H3. The first-order chi connectivity index (χ1) is 9.01. The van der Waals surface area contributed by atoms with E-state index in [0.29, 0.717) is 0 Å². The minimum absolute atomic E-state index is 0.0820. The molecule has 0 unspecified atom stereocenters. The number of hydrogen-bond acceptors (Lipinski definition) is 5. The Balaban J connectivity index is 2.01. The van der Waals surface area contributed by atoms with E-state index < -0.39 is 10.0 Å². The Kier molecular flexibility index (Phi) is 4.24. The van der Waals surface area contributed by atoms with E-state index in [4.69, 9.17) is 9.84 Å². The summed E-state index contributed by atoms with van der Waals surface area (Å²) >= 11 is 0. The van der Waals surface area contributed by atoms with Gasteiger partial charge in [-0.1, -0.05) is 0 Å². The number of ether oxygens (including phenoxy) is 1. The Bertz CT molecular complexity index is 516. The van der Waals surface area contributed by atoms with E-state index in [-0.39, 0.29) is 30.2 Å². The second-order valence-corrected chi connectivity index (χ2v) is 6.49. The molecule has 1 heterocycles. The van der Waals surface area contributed by atoms with Crippen molar-refractivity contribution in [3.63, 3.8) is 0 Å². The lowest BCUT2D eigenvalue weighted by Crippen LogP contribution is -2.49. The molecule has 7 nitrogen and oxygen atoms in total. The van der Waals surface area contributed by atoms with Crippen molar-refractivity contribution in [3.8, 4) is 0 Å². The lowest BCUT2D eigenvalue weighted by Gasteiger charge is -2.40. The van der Waals surface area contributed by atoms with E-state index >= 15 is 0 Å². The quantitative estimate of drug-likeness (QED) is 0.720. The van der Waals surface area contributed by atoms with E-state index in [1.165, 1.54) is 17.1 Å². The Morgan fingerprint density at radius 3 is 2.84 bits per heavy atom. The average Bonchev–Trinajstić information content (AvgIpc) is 2.78. The highest BCUT2D eigenvalue weighted by atomic mass is 32.2. The van der Waals surface area contributed by atoms with Crippen molar-refractivity contribution in [2.45, 2.75) is 36.3 Å².